The summed E-state index contributed by atoms with van der Waals surface area (Å²) in [6, 6.07) is 7.51. The molecule has 0 aromatic carbocycles. The lowest BCUT2D eigenvalue weighted by atomic mass is 10.0. The lowest BCUT2D eigenvalue weighted by Gasteiger charge is -2.39. The van der Waals surface area contributed by atoms with Crippen LogP contribution in [0.25, 0.3) is 0 Å². The van der Waals surface area contributed by atoms with Crippen LogP contribution in [-0.2, 0) is 0 Å². The van der Waals surface area contributed by atoms with Gasteiger partial charge in [0.05, 0.1) is 6.04 Å². The summed E-state index contributed by atoms with van der Waals surface area (Å²) in [5.74, 6) is 5.98. The minimum Gasteiger partial charge on any atom is -0.443 e. The van der Waals surface area contributed by atoms with E-state index >= 15 is 0 Å². The zero-order valence-electron chi connectivity index (χ0n) is 12.5. The van der Waals surface area contributed by atoms with E-state index < -0.39 is 5.60 Å². The molecule has 1 saturated heterocycles. The van der Waals surface area contributed by atoms with Gasteiger partial charge in [-0.05, 0) is 49.8 Å². The van der Waals surface area contributed by atoms with Crippen molar-refractivity contribution in [1.82, 2.24) is 4.90 Å². The maximum atomic E-state index is 12.5. The van der Waals surface area contributed by atoms with Gasteiger partial charge in [-0.1, -0.05) is 12.0 Å². The maximum absolute atomic E-state index is 12.5. The lowest BCUT2D eigenvalue weighted by molar-refractivity contribution is 0.0435. The molecule has 1 amide bonds. The van der Waals surface area contributed by atoms with Gasteiger partial charge in [-0.15, -0.1) is 11.3 Å². The number of hydrogen-bond donors (Lipinski definition) is 1. The first-order valence-corrected chi connectivity index (χ1v) is 8.02. The van der Waals surface area contributed by atoms with Crippen LogP contribution in [0.1, 0.15) is 47.5 Å². The van der Waals surface area contributed by atoms with Crippen molar-refractivity contribution < 1.29 is 14.3 Å². The summed E-state index contributed by atoms with van der Waals surface area (Å²) in [7, 11) is 0. The Morgan fingerprint density at radius 3 is 2.86 bits per heavy atom. The van der Waals surface area contributed by atoms with E-state index in [1.807, 2.05) is 16.3 Å². The molecule has 0 saturated carbocycles. The molecule has 0 spiro atoms. The van der Waals surface area contributed by atoms with Crippen molar-refractivity contribution in [3.05, 3.63) is 46.0 Å². The van der Waals surface area contributed by atoms with E-state index in [2.05, 4.69) is 17.9 Å². The lowest BCUT2D eigenvalue weighted by Crippen LogP contribution is -2.44. The number of carbonyl (C=O) groups excluding carboxylic acids is 1. The second-order valence-corrected chi connectivity index (χ2v) is 6.77. The van der Waals surface area contributed by atoms with Crippen molar-refractivity contribution in [2.75, 3.05) is 6.54 Å². The van der Waals surface area contributed by atoms with E-state index in [0.29, 0.717) is 11.5 Å². The van der Waals surface area contributed by atoms with Gasteiger partial charge in [0, 0.05) is 11.4 Å². The predicted molar refractivity (Wildman–Crippen MR) is 84.6 cm³/mol. The third-order valence-corrected chi connectivity index (χ3v) is 4.43. The van der Waals surface area contributed by atoms with E-state index in [1.54, 1.807) is 37.3 Å². The minimum absolute atomic E-state index is 0.110. The number of amides is 1. The number of furan rings is 1. The van der Waals surface area contributed by atoms with Gasteiger partial charge in [0.2, 0.25) is 0 Å². The average molecular weight is 315 g/mol. The van der Waals surface area contributed by atoms with Gasteiger partial charge in [0.25, 0.3) is 5.91 Å². The standard InChI is InChI=1S/C17H17NO3S/c1-17(2,20)9-7-12-5-6-14(21-12)16(19)18-10-8-13(18)15-4-3-11-22-15/h3-6,11,13,20H,8,10H2,1-2H3. The molecule has 0 radical (unpaired) electrons. The Morgan fingerprint density at radius 1 is 1.45 bits per heavy atom. The zero-order valence-corrected chi connectivity index (χ0v) is 13.3. The summed E-state index contributed by atoms with van der Waals surface area (Å²) in [6.07, 6.45) is 0.984. The van der Waals surface area contributed by atoms with Crippen LogP contribution in [-0.4, -0.2) is 28.1 Å². The molecule has 1 unspecified atom stereocenters. The molecule has 0 bridgehead atoms. The first kappa shape index (κ1) is 14.9. The fraction of sp³-hybridized carbons (Fsp3) is 0.353. The number of rotatable bonds is 2. The largest absolute Gasteiger partial charge is 0.443 e. The number of aliphatic hydroxyl groups is 1. The summed E-state index contributed by atoms with van der Waals surface area (Å²) >= 11 is 1.66. The molecule has 1 aliphatic rings. The van der Waals surface area contributed by atoms with Crippen LogP contribution >= 0.6 is 11.3 Å². The first-order chi connectivity index (χ1) is 10.4. The number of hydrogen-bond acceptors (Lipinski definition) is 4. The third-order valence-electron chi connectivity index (χ3n) is 3.46. The fourth-order valence-corrected chi connectivity index (χ4v) is 3.16. The average Bonchev–Trinajstić information content (AvgIpc) is 3.05. The predicted octanol–water partition coefficient (Wildman–Crippen LogP) is 3.05. The van der Waals surface area contributed by atoms with Crippen molar-refractivity contribution in [3.8, 4) is 11.8 Å². The molecule has 2 aromatic heterocycles. The Bertz CT molecular complexity index is 728. The highest BCUT2D eigenvalue weighted by Gasteiger charge is 2.35. The summed E-state index contributed by atoms with van der Waals surface area (Å²) in [6.45, 7) is 3.94. The van der Waals surface area contributed by atoms with Gasteiger partial charge in [-0.25, -0.2) is 0 Å². The number of carbonyl (C=O) groups is 1. The van der Waals surface area contributed by atoms with E-state index in [9.17, 15) is 9.90 Å². The van der Waals surface area contributed by atoms with Crippen LogP contribution in [0, 0.1) is 11.8 Å². The molecule has 1 N–H and O–H groups in total. The molecule has 0 aliphatic carbocycles. The van der Waals surface area contributed by atoms with E-state index in [-0.39, 0.29) is 11.9 Å². The second kappa shape index (κ2) is 5.64. The van der Waals surface area contributed by atoms with Gasteiger partial charge in [0.1, 0.15) is 5.60 Å². The minimum atomic E-state index is -1.08. The highest BCUT2D eigenvalue weighted by Crippen LogP contribution is 2.36. The topological polar surface area (TPSA) is 53.7 Å². The molecular weight excluding hydrogens is 298 g/mol. The van der Waals surface area contributed by atoms with Crippen molar-refractivity contribution in [2.24, 2.45) is 0 Å². The smallest absolute Gasteiger partial charge is 0.290 e. The first-order valence-electron chi connectivity index (χ1n) is 7.14. The van der Waals surface area contributed by atoms with Crippen molar-refractivity contribution in [1.29, 1.82) is 0 Å². The quantitative estimate of drug-likeness (QED) is 0.867. The highest BCUT2D eigenvalue weighted by molar-refractivity contribution is 7.10. The van der Waals surface area contributed by atoms with Crippen molar-refractivity contribution >= 4 is 17.2 Å². The Morgan fingerprint density at radius 2 is 2.27 bits per heavy atom. The maximum Gasteiger partial charge on any atom is 0.290 e. The highest BCUT2D eigenvalue weighted by atomic mass is 32.1. The molecule has 1 fully saturated rings. The number of likely N-dealkylation sites (tertiary alicyclic amines) is 1. The molecule has 114 valence electrons. The van der Waals surface area contributed by atoms with Crippen LogP contribution < -0.4 is 0 Å². The van der Waals surface area contributed by atoms with Crippen molar-refractivity contribution in [3.63, 3.8) is 0 Å². The third kappa shape index (κ3) is 3.08. The van der Waals surface area contributed by atoms with E-state index in [1.165, 1.54) is 4.88 Å². The molecule has 4 nitrogen and oxygen atoms in total. The van der Waals surface area contributed by atoms with E-state index in [4.69, 9.17) is 4.42 Å². The zero-order chi connectivity index (χ0) is 15.7. The number of thiophene rings is 1. The van der Waals surface area contributed by atoms with E-state index in [0.717, 1.165) is 13.0 Å². The fourth-order valence-electron chi connectivity index (χ4n) is 2.28. The van der Waals surface area contributed by atoms with Gasteiger partial charge in [-0.3, -0.25) is 4.79 Å². The molecule has 22 heavy (non-hydrogen) atoms. The Hall–Kier alpha value is -2.03. The summed E-state index contributed by atoms with van der Waals surface area (Å²) < 4.78 is 5.49. The van der Waals surface area contributed by atoms with Crippen LogP contribution in [0.2, 0.25) is 0 Å². The van der Waals surface area contributed by atoms with Gasteiger partial charge in [0.15, 0.2) is 11.5 Å². The van der Waals surface area contributed by atoms with Gasteiger partial charge >= 0.3 is 0 Å². The molecular formula is C17H17NO3S. The molecule has 5 heteroatoms. The molecule has 3 rings (SSSR count). The SMILES string of the molecule is CC(C)(O)C#Cc1ccc(C(=O)N2CCC2c2cccs2)o1. The molecule has 1 atom stereocenters. The Labute approximate surface area is 133 Å². The van der Waals surface area contributed by atoms with Crippen LogP contribution in [0.3, 0.4) is 0 Å². The van der Waals surface area contributed by atoms with Crippen LogP contribution in [0.5, 0.6) is 0 Å². The molecule has 2 aromatic rings. The summed E-state index contributed by atoms with van der Waals surface area (Å²) in [5.41, 5.74) is -1.08. The second-order valence-electron chi connectivity index (χ2n) is 5.79. The van der Waals surface area contributed by atoms with Crippen molar-refractivity contribution in [2.45, 2.75) is 31.9 Å². The Balaban J connectivity index is 1.73. The monoisotopic (exact) mass is 315 g/mol. The molecule has 1 aliphatic heterocycles. The van der Waals surface area contributed by atoms with Gasteiger partial charge < -0.3 is 14.4 Å². The summed E-state index contributed by atoms with van der Waals surface area (Å²) in [4.78, 5) is 15.5. The molecule has 3 heterocycles. The van der Waals surface area contributed by atoms with Crippen LogP contribution in [0.15, 0.2) is 34.1 Å². The number of nitrogens with zero attached hydrogens (tertiary/aromatic N) is 1. The normalized spacial score (nSPS) is 17.6. The Kier molecular flexibility index (Phi) is 3.81. The summed E-state index contributed by atoms with van der Waals surface area (Å²) in [5, 5.41) is 11.6. The van der Waals surface area contributed by atoms with Crippen LogP contribution in [0.4, 0.5) is 0 Å². The van der Waals surface area contributed by atoms with Gasteiger partial charge in [-0.2, -0.15) is 0 Å².